The van der Waals surface area contributed by atoms with Crippen molar-refractivity contribution in [2.45, 2.75) is 25.1 Å². The number of nitriles is 1. The van der Waals surface area contributed by atoms with Gasteiger partial charge in [-0.15, -0.1) is 0 Å². The standard InChI is InChI=1S/C24H20ClFN4O2/c1-24(26)11-18(12-27)30(14-24)22(31)13-29-23(32)19-8-9-28-21-7-4-16(10-20(19)21)15-2-5-17(25)6-3-15/h2-10,18H,11,13-14H2,1H3,(H,29,32)/t18-,24?/m0/s1. The Hall–Kier alpha value is -3.50. The molecule has 4 rings (SSSR count). The molecule has 0 bridgehead atoms. The average molecular weight is 451 g/mol. The highest BCUT2D eigenvalue weighted by atomic mass is 35.5. The smallest absolute Gasteiger partial charge is 0.252 e. The van der Waals surface area contributed by atoms with Crippen LogP contribution in [0.4, 0.5) is 4.39 Å². The Morgan fingerprint density at radius 3 is 2.69 bits per heavy atom. The fraction of sp³-hybridized carbons (Fsp3) is 0.250. The van der Waals surface area contributed by atoms with Crippen LogP contribution < -0.4 is 5.32 Å². The Morgan fingerprint density at radius 2 is 1.97 bits per heavy atom. The first-order valence-corrected chi connectivity index (χ1v) is 10.5. The van der Waals surface area contributed by atoms with E-state index in [4.69, 9.17) is 11.6 Å². The molecular weight excluding hydrogens is 431 g/mol. The van der Waals surface area contributed by atoms with Gasteiger partial charge in [-0.2, -0.15) is 5.26 Å². The van der Waals surface area contributed by atoms with E-state index in [1.54, 1.807) is 18.2 Å². The molecule has 1 aromatic heterocycles. The topological polar surface area (TPSA) is 86.1 Å². The quantitative estimate of drug-likeness (QED) is 0.647. The number of pyridine rings is 1. The van der Waals surface area contributed by atoms with E-state index in [9.17, 15) is 19.2 Å². The van der Waals surface area contributed by atoms with E-state index in [1.807, 2.05) is 36.4 Å². The fourth-order valence-corrected chi connectivity index (χ4v) is 4.07. The van der Waals surface area contributed by atoms with Gasteiger partial charge in [-0.25, -0.2) is 4.39 Å². The number of alkyl halides is 1. The maximum atomic E-state index is 14.3. The largest absolute Gasteiger partial charge is 0.343 e. The molecule has 0 spiro atoms. The van der Waals surface area contributed by atoms with Crippen molar-refractivity contribution in [2.75, 3.05) is 13.1 Å². The van der Waals surface area contributed by atoms with E-state index in [2.05, 4.69) is 10.3 Å². The van der Waals surface area contributed by atoms with E-state index in [1.165, 1.54) is 18.0 Å². The molecule has 1 saturated heterocycles. The van der Waals surface area contributed by atoms with Gasteiger partial charge in [-0.05, 0) is 48.4 Å². The van der Waals surface area contributed by atoms with Gasteiger partial charge in [0.1, 0.15) is 11.7 Å². The number of carbonyl (C=O) groups is 2. The summed E-state index contributed by atoms with van der Waals surface area (Å²) >= 11 is 5.97. The Balaban J connectivity index is 1.54. The monoisotopic (exact) mass is 450 g/mol. The highest BCUT2D eigenvalue weighted by Gasteiger charge is 2.43. The summed E-state index contributed by atoms with van der Waals surface area (Å²) in [5.41, 5.74) is 1.22. The van der Waals surface area contributed by atoms with Gasteiger partial charge >= 0.3 is 0 Å². The maximum absolute atomic E-state index is 14.3. The van der Waals surface area contributed by atoms with Gasteiger partial charge in [0.25, 0.3) is 5.91 Å². The van der Waals surface area contributed by atoms with Crippen molar-refractivity contribution < 1.29 is 14.0 Å². The predicted molar refractivity (Wildman–Crippen MR) is 120 cm³/mol. The molecule has 1 aliphatic heterocycles. The molecule has 2 atom stereocenters. The van der Waals surface area contributed by atoms with Crippen LogP contribution in [0.2, 0.25) is 5.02 Å². The first-order valence-electron chi connectivity index (χ1n) is 10.1. The highest BCUT2D eigenvalue weighted by molar-refractivity contribution is 6.30. The second-order valence-electron chi connectivity index (χ2n) is 8.06. The minimum atomic E-state index is -1.61. The zero-order valence-corrected chi connectivity index (χ0v) is 18.1. The summed E-state index contributed by atoms with van der Waals surface area (Å²) < 4.78 is 14.3. The molecule has 1 unspecified atom stereocenters. The normalized spacial score (nSPS) is 20.2. The molecule has 32 heavy (non-hydrogen) atoms. The lowest BCUT2D eigenvalue weighted by Crippen LogP contribution is -2.43. The van der Waals surface area contributed by atoms with Crippen molar-refractivity contribution in [2.24, 2.45) is 0 Å². The second-order valence-corrected chi connectivity index (χ2v) is 8.50. The molecule has 1 fully saturated rings. The highest BCUT2D eigenvalue weighted by Crippen LogP contribution is 2.30. The molecule has 162 valence electrons. The van der Waals surface area contributed by atoms with Gasteiger partial charge in [0.05, 0.1) is 30.2 Å². The number of rotatable bonds is 4. The van der Waals surface area contributed by atoms with Crippen LogP contribution >= 0.6 is 11.6 Å². The van der Waals surface area contributed by atoms with Crippen LogP contribution in [0.3, 0.4) is 0 Å². The first kappa shape index (κ1) is 21.7. The molecule has 6 nitrogen and oxygen atoms in total. The SMILES string of the molecule is CC1(F)C[C@@H](C#N)N(C(=O)CNC(=O)c2ccnc3ccc(-c4ccc(Cl)cc4)cc23)C1. The summed E-state index contributed by atoms with van der Waals surface area (Å²) in [5.74, 6) is -0.943. The molecular formula is C24H20ClFN4O2. The molecule has 1 N–H and O–H groups in total. The predicted octanol–water partition coefficient (Wildman–Crippen LogP) is 4.14. The zero-order valence-electron chi connectivity index (χ0n) is 17.3. The van der Waals surface area contributed by atoms with Gasteiger partial charge in [-0.3, -0.25) is 14.6 Å². The summed E-state index contributed by atoms with van der Waals surface area (Å²) in [5, 5.41) is 13.1. The molecule has 2 amide bonds. The fourth-order valence-electron chi connectivity index (χ4n) is 3.94. The lowest BCUT2D eigenvalue weighted by Gasteiger charge is -2.20. The number of nitrogens with one attached hydrogen (secondary N) is 1. The van der Waals surface area contributed by atoms with Crippen molar-refractivity contribution in [3.05, 3.63) is 65.3 Å². The van der Waals surface area contributed by atoms with E-state index in [-0.39, 0.29) is 19.5 Å². The van der Waals surface area contributed by atoms with Crippen LogP contribution in [0.5, 0.6) is 0 Å². The Labute approximate surface area is 189 Å². The number of hydrogen-bond donors (Lipinski definition) is 1. The summed E-state index contributed by atoms with van der Waals surface area (Å²) in [6.45, 7) is 0.876. The summed E-state index contributed by atoms with van der Waals surface area (Å²) in [6.07, 6.45) is 1.49. The third-order valence-electron chi connectivity index (χ3n) is 5.53. The number of aromatic nitrogens is 1. The number of amides is 2. The Kier molecular flexibility index (Phi) is 5.81. The number of fused-ring (bicyclic) bond motifs is 1. The molecule has 2 heterocycles. The minimum Gasteiger partial charge on any atom is -0.343 e. The van der Waals surface area contributed by atoms with E-state index < -0.39 is 23.5 Å². The number of carbonyl (C=O) groups excluding carboxylic acids is 2. The first-order chi connectivity index (χ1) is 15.3. The van der Waals surface area contributed by atoms with Gasteiger partial charge in [-0.1, -0.05) is 29.8 Å². The van der Waals surface area contributed by atoms with Crippen molar-refractivity contribution in [1.29, 1.82) is 5.26 Å². The van der Waals surface area contributed by atoms with E-state index in [0.717, 1.165) is 11.1 Å². The van der Waals surface area contributed by atoms with Crippen LogP contribution in [0.1, 0.15) is 23.7 Å². The molecule has 0 radical (unpaired) electrons. The Morgan fingerprint density at radius 1 is 1.25 bits per heavy atom. The van der Waals surface area contributed by atoms with Crippen LogP contribution in [0.15, 0.2) is 54.7 Å². The van der Waals surface area contributed by atoms with Gasteiger partial charge < -0.3 is 10.2 Å². The number of hydrogen-bond acceptors (Lipinski definition) is 4. The van der Waals surface area contributed by atoms with Crippen LogP contribution in [-0.2, 0) is 4.79 Å². The number of likely N-dealkylation sites (tertiary alicyclic amines) is 1. The summed E-state index contributed by atoms with van der Waals surface area (Å²) in [4.78, 5) is 30.9. The van der Waals surface area contributed by atoms with Gasteiger partial charge in [0.2, 0.25) is 5.91 Å². The average Bonchev–Trinajstić information content (AvgIpc) is 3.11. The van der Waals surface area contributed by atoms with Crippen molar-refractivity contribution in [3.8, 4) is 17.2 Å². The maximum Gasteiger partial charge on any atom is 0.252 e. The van der Waals surface area contributed by atoms with Crippen LogP contribution in [-0.4, -0.2) is 46.5 Å². The third kappa shape index (κ3) is 4.41. The van der Waals surface area contributed by atoms with E-state index in [0.29, 0.717) is 21.5 Å². The lowest BCUT2D eigenvalue weighted by atomic mass is 10.0. The second kappa shape index (κ2) is 8.56. The summed E-state index contributed by atoms with van der Waals surface area (Å²) in [7, 11) is 0. The van der Waals surface area contributed by atoms with Gasteiger partial charge in [0.15, 0.2) is 0 Å². The molecule has 3 aromatic rings. The molecule has 0 saturated carbocycles. The molecule has 0 aliphatic carbocycles. The van der Waals surface area contributed by atoms with Crippen LogP contribution in [0.25, 0.3) is 22.0 Å². The van der Waals surface area contributed by atoms with Crippen molar-refractivity contribution in [1.82, 2.24) is 15.2 Å². The van der Waals surface area contributed by atoms with E-state index >= 15 is 0 Å². The number of nitrogens with zero attached hydrogens (tertiary/aromatic N) is 3. The zero-order chi connectivity index (χ0) is 22.9. The number of benzene rings is 2. The number of halogens is 2. The van der Waals surface area contributed by atoms with Crippen molar-refractivity contribution >= 4 is 34.3 Å². The van der Waals surface area contributed by atoms with Gasteiger partial charge in [0, 0.05) is 23.0 Å². The minimum absolute atomic E-state index is 0.0361. The lowest BCUT2D eigenvalue weighted by molar-refractivity contribution is -0.130. The van der Waals surface area contributed by atoms with Crippen molar-refractivity contribution in [3.63, 3.8) is 0 Å². The molecule has 1 aliphatic rings. The molecule has 2 aromatic carbocycles. The Bertz CT molecular complexity index is 1240. The third-order valence-corrected chi connectivity index (χ3v) is 5.78. The summed E-state index contributed by atoms with van der Waals surface area (Å²) in [6, 6.07) is 15.7. The molecule has 8 heteroatoms. The van der Waals surface area contributed by atoms with Crippen LogP contribution in [0, 0.1) is 11.3 Å².